The molecular formula is C16H17ClN2O2. The third kappa shape index (κ3) is 4.68. The molecule has 2 rings (SSSR count). The molecule has 0 bridgehead atoms. The van der Waals surface area contributed by atoms with E-state index in [1.165, 1.54) is 0 Å². The number of hydrogen-bond acceptors (Lipinski definition) is 2. The Morgan fingerprint density at radius 1 is 1.14 bits per heavy atom. The number of carbonyl (C=O) groups excluding carboxylic acids is 1. The van der Waals surface area contributed by atoms with Gasteiger partial charge in [0.1, 0.15) is 5.75 Å². The Morgan fingerprint density at radius 3 is 2.48 bits per heavy atom. The van der Waals surface area contributed by atoms with Gasteiger partial charge in [-0.25, -0.2) is 4.79 Å². The Hall–Kier alpha value is -2.20. The van der Waals surface area contributed by atoms with Gasteiger partial charge in [-0.1, -0.05) is 29.8 Å². The predicted molar refractivity (Wildman–Crippen MR) is 84.9 cm³/mol. The molecule has 0 aliphatic carbocycles. The van der Waals surface area contributed by atoms with Crippen LogP contribution in [0, 0.1) is 6.92 Å². The van der Waals surface area contributed by atoms with Crippen molar-refractivity contribution < 1.29 is 9.53 Å². The lowest BCUT2D eigenvalue weighted by Crippen LogP contribution is -2.39. The summed E-state index contributed by atoms with van der Waals surface area (Å²) in [6.45, 7) is 3.69. The minimum Gasteiger partial charge on any atom is -0.471 e. The van der Waals surface area contributed by atoms with Crippen LogP contribution < -0.4 is 15.4 Å². The number of anilines is 1. The molecule has 0 saturated heterocycles. The minimum atomic E-state index is -0.463. The highest BCUT2D eigenvalue weighted by molar-refractivity contribution is 6.30. The van der Waals surface area contributed by atoms with Gasteiger partial charge in [0.2, 0.25) is 0 Å². The second kappa shape index (κ2) is 6.99. The van der Waals surface area contributed by atoms with Gasteiger partial charge in [-0.2, -0.15) is 0 Å². The predicted octanol–water partition coefficient (Wildman–Crippen LogP) is 4.19. The molecule has 4 nitrogen and oxygen atoms in total. The Kier molecular flexibility index (Phi) is 5.06. The van der Waals surface area contributed by atoms with Gasteiger partial charge in [-0.15, -0.1) is 0 Å². The number of benzene rings is 2. The van der Waals surface area contributed by atoms with Crippen LogP contribution in [0.25, 0.3) is 0 Å². The van der Waals surface area contributed by atoms with Gasteiger partial charge in [-0.05, 0) is 49.7 Å². The molecule has 0 aliphatic heterocycles. The summed E-state index contributed by atoms with van der Waals surface area (Å²) in [5, 5.41) is 6.14. The molecule has 0 spiro atoms. The molecule has 5 heteroatoms. The van der Waals surface area contributed by atoms with E-state index in [0.29, 0.717) is 10.8 Å². The summed E-state index contributed by atoms with van der Waals surface area (Å²) >= 11 is 5.80. The van der Waals surface area contributed by atoms with Crippen LogP contribution in [0.4, 0.5) is 10.5 Å². The van der Waals surface area contributed by atoms with Crippen LogP contribution >= 0.6 is 11.6 Å². The van der Waals surface area contributed by atoms with Gasteiger partial charge in [0.25, 0.3) is 0 Å². The van der Waals surface area contributed by atoms with Gasteiger partial charge < -0.3 is 15.4 Å². The van der Waals surface area contributed by atoms with Gasteiger partial charge in [-0.3, -0.25) is 0 Å². The maximum absolute atomic E-state index is 11.9. The number of amides is 2. The number of hydrogen-bond donors (Lipinski definition) is 2. The molecule has 2 amide bonds. The third-order valence-electron chi connectivity index (χ3n) is 2.85. The second-order valence-corrected chi connectivity index (χ2v) is 5.06. The van der Waals surface area contributed by atoms with Crippen LogP contribution in [0.3, 0.4) is 0 Å². The second-order valence-electron chi connectivity index (χ2n) is 4.63. The molecule has 1 unspecified atom stereocenters. The van der Waals surface area contributed by atoms with Crippen molar-refractivity contribution >= 4 is 23.3 Å². The summed E-state index contributed by atoms with van der Waals surface area (Å²) in [5.74, 6) is 0.642. The monoisotopic (exact) mass is 304 g/mol. The van der Waals surface area contributed by atoms with E-state index in [2.05, 4.69) is 10.6 Å². The van der Waals surface area contributed by atoms with Crippen molar-refractivity contribution in [3.63, 3.8) is 0 Å². The van der Waals surface area contributed by atoms with Gasteiger partial charge in [0, 0.05) is 10.7 Å². The van der Waals surface area contributed by atoms with Crippen molar-refractivity contribution in [2.24, 2.45) is 0 Å². The van der Waals surface area contributed by atoms with E-state index in [1.54, 1.807) is 31.2 Å². The Bertz CT molecular complexity index is 614. The van der Waals surface area contributed by atoms with Gasteiger partial charge in [0.05, 0.1) is 0 Å². The van der Waals surface area contributed by atoms with Crippen molar-refractivity contribution in [2.45, 2.75) is 20.1 Å². The van der Waals surface area contributed by atoms with E-state index in [-0.39, 0.29) is 6.03 Å². The van der Waals surface area contributed by atoms with Crippen molar-refractivity contribution in [2.75, 3.05) is 5.32 Å². The van der Waals surface area contributed by atoms with Crippen LogP contribution in [0.2, 0.25) is 5.02 Å². The fourth-order valence-electron chi connectivity index (χ4n) is 1.80. The normalized spacial score (nSPS) is 11.6. The molecule has 2 aromatic carbocycles. The summed E-state index contributed by atoms with van der Waals surface area (Å²) in [6, 6.07) is 14.2. The summed E-state index contributed by atoms with van der Waals surface area (Å²) in [4.78, 5) is 11.9. The Morgan fingerprint density at radius 2 is 1.81 bits per heavy atom. The Balaban J connectivity index is 1.87. The van der Waals surface area contributed by atoms with Crippen molar-refractivity contribution in [1.82, 2.24) is 5.32 Å². The summed E-state index contributed by atoms with van der Waals surface area (Å²) < 4.78 is 5.58. The number of carbonyl (C=O) groups is 1. The van der Waals surface area contributed by atoms with Crippen LogP contribution in [0.5, 0.6) is 5.75 Å². The topological polar surface area (TPSA) is 50.4 Å². The zero-order valence-corrected chi connectivity index (χ0v) is 12.6. The molecule has 2 N–H and O–H groups in total. The average molecular weight is 305 g/mol. The number of nitrogens with one attached hydrogen (secondary N) is 2. The minimum absolute atomic E-state index is 0.314. The van der Waals surface area contributed by atoms with Gasteiger partial charge >= 0.3 is 6.03 Å². The van der Waals surface area contributed by atoms with Crippen LogP contribution in [-0.2, 0) is 0 Å². The first-order valence-electron chi connectivity index (χ1n) is 6.60. The standard InChI is InChI=1S/C16H17ClN2O2/c1-11-5-3-4-6-15(11)19-16(20)18-12(2)21-14-9-7-13(17)8-10-14/h3-10,12H,1-2H3,(H2,18,19,20). The molecule has 1 atom stereocenters. The highest BCUT2D eigenvalue weighted by Crippen LogP contribution is 2.16. The molecule has 2 aromatic rings. The molecule has 110 valence electrons. The van der Waals surface area contributed by atoms with E-state index in [9.17, 15) is 4.79 Å². The lowest BCUT2D eigenvalue weighted by atomic mass is 10.2. The first-order valence-corrected chi connectivity index (χ1v) is 6.98. The molecule has 0 saturated carbocycles. The smallest absolute Gasteiger partial charge is 0.322 e. The molecule has 0 fully saturated rings. The Labute approximate surface area is 129 Å². The van der Waals surface area contributed by atoms with E-state index in [4.69, 9.17) is 16.3 Å². The fourth-order valence-corrected chi connectivity index (χ4v) is 1.93. The maximum Gasteiger partial charge on any atom is 0.322 e. The average Bonchev–Trinajstić information content (AvgIpc) is 2.44. The van der Waals surface area contributed by atoms with Crippen molar-refractivity contribution in [3.05, 3.63) is 59.1 Å². The van der Waals surface area contributed by atoms with Crippen molar-refractivity contribution in [3.8, 4) is 5.75 Å². The first-order chi connectivity index (χ1) is 10.0. The number of para-hydroxylation sites is 1. The lowest BCUT2D eigenvalue weighted by Gasteiger charge is -2.17. The van der Waals surface area contributed by atoms with Crippen LogP contribution in [0.1, 0.15) is 12.5 Å². The van der Waals surface area contributed by atoms with Crippen LogP contribution in [0.15, 0.2) is 48.5 Å². The molecule has 0 heterocycles. The number of halogens is 1. The summed E-state index contributed by atoms with van der Waals surface area (Å²) in [7, 11) is 0. The zero-order valence-electron chi connectivity index (χ0n) is 11.9. The molecule has 0 radical (unpaired) electrons. The number of aryl methyl sites for hydroxylation is 1. The molecule has 0 aliphatic rings. The van der Waals surface area contributed by atoms with E-state index < -0.39 is 6.23 Å². The highest BCUT2D eigenvalue weighted by atomic mass is 35.5. The number of rotatable bonds is 4. The third-order valence-corrected chi connectivity index (χ3v) is 3.11. The fraction of sp³-hybridized carbons (Fsp3) is 0.188. The summed E-state index contributed by atoms with van der Waals surface area (Å²) in [6.07, 6.45) is -0.463. The molecule has 0 aromatic heterocycles. The first kappa shape index (κ1) is 15.2. The number of urea groups is 1. The van der Waals surface area contributed by atoms with E-state index in [0.717, 1.165) is 11.3 Å². The van der Waals surface area contributed by atoms with E-state index in [1.807, 2.05) is 31.2 Å². The zero-order chi connectivity index (χ0) is 15.2. The largest absolute Gasteiger partial charge is 0.471 e. The quantitative estimate of drug-likeness (QED) is 0.832. The van der Waals surface area contributed by atoms with E-state index >= 15 is 0 Å². The SMILES string of the molecule is Cc1ccccc1NC(=O)NC(C)Oc1ccc(Cl)cc1. The number of ether oxygens (including phenoxy) is 1. The van der Waals surface area contributed by atoms with Crippen LogP contribution in [-0.4, -0.2) is 12.3 Å². The lowest BCUT2D eigenvalue weighted by molar-refractivity contribution is 0.183. The summed E-state index contributed by atoms with van der Waals surface area (Å²) in [5.41, 5.74) is 1.77. The maximum atomic E-state index is 11.9. The van der Waals surface area contributed by atoms with Gasteiger partial charge in [0.15, 0.2) is 6.23 Å². The van der Waals surface area contributed by atoms with Crippen molar-refractivity contribution in [1.29, 1.82) is 0 Å². The molecular weight excluding hydrogens is 288 g/mol. The highest BCUT2D eigenvalue weighted by Gasteiger charge is 2.09. The molecule has 21 heavy (non-hydrogen) atoms.